The van der Waals surface area contributed by atoms with Crippen LogP contribution >= 0.6 is 0 Å². The van der Waals surface area contributed by atoms with E-state index in [4.69, 9.17) is 1.37 Å². The van der Waals surface area contributed by atoms with Gasteiger partial charge in [0.15, 0.2) is 0 Å². The molecular formula is C5H10FN. The van der Waals surface area contributed by atoms with Gasteiger partial charge in [0.25, 0.3) is 0 Å². The molecule has 1 nitrogen and oxygen atoms in total. The third-order valence-corrected chi connectivity index (χ3v) is 1.16. The maximum absolute atomic E-state index is 12.3. The monoisotopic (exact) mass is 104 g/mol. The lowest BCUT2D eigenvalue weighted by Gasteiger charge is -2.01. The van der Waals surface area contributed by atoms with E-state index in [1.807, 2.05) is 0 Å². The molecule has 0 saturated carbocycles. The summed E-state index contributed by atoms with van der Waals surface area (Å²) in [5.41, 5.74) is 0. The highest BCUT2D eigenvalue weighted by Crippen LogP contribution is 2.08. The van der Waals surface area contributed by atoms with Gasteiger partial charge >= 0.3 is 0 Å². The van der Waals surface area contributed by atoms with Gasteiger partial charge in [-0.3, -0.25) is 0 Å². The zero-order chi connectivity index (χ0) is 6.15. The van der Waals surface area contributed by atoms with Crippen LogP contribution in [0.3, 0.4) is 0 Å². The van der Waals surface area contributed by atoms with Gasteiger partial charge in [-0.25, -0.2) is 4.39 Å². The van der Waals surface area contributed by atoms with Crippen LogP contribution in [0.15, 0.2) is 0 Å². The molecule has 1 aliphatic rings. The molecule has 2 atom stereocenters. The predicted molar refractivity (Wildman–Crippen MR) is 27.0 cm³/mol. The highest BCUT2D eigenvalue weighted by Gasteiger charge is 2.16. The average Bonchev–Trinajstić information content (AvgIpc) is 1.85. The molecule has 0 spiro atoms. The standard InChI is InChI=1S/C5H10FN/c1-7-3-2-5(6)4-7/h5H,2-4H2,1H3/t5-/m1/s1/i3D/t3-,5+/m0. The molecule has 1 saturated heterocycles. The van der Waals surface area contributed by atoms with E-state index < -0.39 is 6.17 Å². The quantitative estimate of drug-likeness (QED) is 0.436. The van der Waals surface area contributed by atoms with E-state index in [2.05, 4.69) is 0 Å². The SMILES string of the molecule is [2H][C@H]1C[C@@H](F)CN1C. The van der Waals surface area contributed by atoms with E-state index in [1.165, 1.54) is 0 Å². The van der Waals surface area contributed by atoms with Crippen LogP contribution in [0.2, 0.25) is 0 Å². The van der Waals surface area contributed by atoms with Gasteiger partial charge < -0.3 is 4.90 Å². The number of likely N-dealkylation sites (tertiary alicyclic amines) is 1. The van der Waals surface area contributed by atoms with Crippen molar-refractivity contribution in [2.24, 2.45) is 0 Å². The fourth-order valence-corrected chi connectivity index (χ4v) is 0.756. The molecule has 42 valence electrons. The van der Waals surface area contributed by atoms with Gasteiger partial charge in [0.2, 0.25) is 0 Å². The molecule has 0 aromatic rings. The van der Waals surface area contributed by atoms with E-state index >= 15 is 0 Å². The number of rotatable bonds is 0. The minimum absolute atomic E-state index is 0.301. The second-order valence-electron chi connectivity index (χ2n) is 1.96. The van der Waals surface area contributed by atoms with E-state index in [9.17, 15) is 4.39 Å². The molecule has 0 N–H and O–H groups in total. The number of hydrogen-bond donors (Lipinski definition) is 0. The zero-order valence-corrected chi connectivity index (χ0v) is 4.39. The first-order valence-corrected chi connectivity index (χ1v) is 2.46. The first-order chi connectivity index (χ1) is 3.70. The van der Waals surface area contributed by atoms with Crippen molar-refractivity contribution in [3.8, 4) is 0 Å². The minimum atomic E-state index is -0.762. The Kier molecular flexibility index (Phi) is 0.978. The zero-order valence-electron chi connectivity index (χ0n) is 5.39. The smallest absolute Gasteiger partial charge is 0.114 e. The van der Waals surface area contributed by atoms with Crippen LogP contribution in [-0.4, -0.2) is 31.2 Å². The van der Waals surface area contributed by atoms with E-state index in [0.717, 1.165) is 0 Å². The van der Waals surface area contributed by atoms with E-state index in [-0.39, 0.29) is 6.52 Å². The lowest BCUT2D eigenvalue weighted by molar-refractivity contribution is 0.321. The summed E-state index contributed by atoms with van der Waals surface area (Å²) in [6.07, 6.45) is -0.376. The van der Waals surface area contributed by atoms with E-state index in [1.54, 1.807) is 11.9 Å². The minimum Gasteiger partial charge on any atom is -0.303 e. The summed E-state index contributed by atoms with van der Waals surface area (Å²) in [4.78, 5) is 1.71. The molecule has 0 bridgehead atoms. The molecule has 0 unspecified atom stereocenters. The van der Waals surface area contributed by atoms with Crippen molar-refractivity contribution in [1.29, 1.82) is 0 Å². The molecule has 0 aromatic carbocycles. The van der Waals surface area contributed by atoms with Crippen molar-refractivity contribution in [2.45, 2.75) is 12.6 Å². The second kappa shape index (κ2) is 1.78. The summed E-state index contributed by atoms with van der Waals surface area (Å²) in [6.45, 7) is 0.138. The summed E-state index contributed by atoms with van der Waals surface area (Å²) in [7, 11) is 1.78. The molecule has 0 radical (unpaired) electrons. The highest BCUT2D eigenvalue weighted by atomic mass is 19.1. The fraction of sp³-hybridized carbons (Fsp3) is 1.00. The Hall–Kier alpha value is -0.110. The topological polar surface area (TPSA) is 3.24 Å². The van der Waals surface area contributed by atoms with Crippen LogP contribution in [0.1, 0.15) is 7.79 Å². The van der Waals surface area contributed by atoms with Gasteiger partial charge in [0.05, 0.1) is 0 Å². The second-order valence-corrected chi connectivity index (χ2v) is 1.96. The van der Waals surface area contributed by atoms with Crippen molar-refractivity contribution < 1.29 is 5.76 Å². The van der Waals surface area contributed by atoms with Crippen LogP contribution in [0.25, 0.3) is 0 Å². The van der Waals surface area contributed by atoms with Crippen molar-refractivity contribution in [2.75, 3.05) is 20.1 Å². The molecule has 0 amide bonds. The van der Waals surface area contributed by atoms with Crippen molar-refractivity contribution in [3.63, 3.8) is 0 Å². The summed E-state index contributed by atoms with van der Waals surface area (Å²) in [6, 6.07) is 0. The number of halogens is 1. The van der Waals surface area contributed by atoms with Crippen molar-refractivity contribution in [3.05, 3.63) is 0 Å². The van der Waals surface area contributed by atoms with Gasteiger partial charge in [-0.1, -0.05) is 0 Å². The van der Waals surface area contributed by atoms with Crippen LogP contribution in [0.5, 0.6) is 0 Å². The van der Waals surface area contributed by atoms with Crippen LogP contribution < -0.4 is 0 Å². The maximum Gasteiger partial charge on any atom is 0.114 e. The van der Waals surface area contributed by atoms with Gasteiger partial charge in [-0.15, -0.1) is 0 Å². The molecule has 0 aromatic heterocycles. The number of hydrogen-bond acceptors (Lipinski definition) is 1. The van der Waals surface area contributed by atoms with Crippen LogP contribution in [0.4, 0.5) is 4.39 Å². The molecule has 1 rings (SSSR count). The Morgan fingerprint density at radius 1 is 2.00 bits per heavy atom. The van der Waals surface area contributed by atoms with Crippen molar-refractivity contribution in [1.82, 2.24) is 4.90 Å². The lowest BCUT2D eigenvalue weighted by Crippen LogP contribution is -2.13. The normalized spacial score (nSPS) is 46.9. The van der Waals surface area contributed by atoms with Gasteiger partial charge in [0, 0.05) is 14.4 Å². The predicted octanol–water partition coefficient (Wildman–Crippen LogP) is 0.660. The number of alkyl halides is 1. The molecule has 1 aliphatic heterocycles. The summed E-state index contributed by atoms with van der Waals surface area (Å²) < 4.78 is 19.4. The third kappa shape index (κ3) is 1.13. The Balaban J connectivity index is 2.39. The molecule has 1 heterocycles. The van der Waals surface area contributed by atoms with Crippen LogP contribution in [-0.2, 0) is 0 Å². The Bertz CT molecular complexity index is 78.5. The molecule has 0 aliphatic carbocycles. The molecule has 7 heavy (non-hydrogen) atoms. The third-order valence-electron chi connectivity index (χ3n) is 1.16. The first kappa shape index (κ1) is 3.84. The first-order valence-electron chi connectivity index (χ1n) is 3.04. The summed E-state index contributed by atoms with van der Waals surface area (Å²) >= 11 is 0. The Labute approximate surface area is 44.5 Å². The Morgan fingerprint density at radius 2 is 2.71 bits per heavy atom. The van der Waals surface area contributed by atoms with E-state index in [0.29, 0.717) is 13.0 Å². The largest absolute Gasteiger partial charge is 0.303 e. The van der Waals surface area contributed by atoms with Crippen LogP contribution in [0, 0.1) is 0 Å². The Morgan fingerprint density at radius 3 is 2.86 bits per heavy atom. The number of nitrogens with zero attached hydrogens (tertiary/aromatic N) is 1. The molecule has 1 fully saturated rings. The van der Waals surface area contributed by atoms with Gasteiger partial charge in [-0.2, -0.15) is 0 Å². The lowest BCUT2D eigenvalue weighted by atomic mass is 10.4. The average molecular weight is 104 g/mol. The maximum atomic E-state index is 12.3. The van der Waals surface area contributed by atoms with Crippen molar-refractivity contribution >= 4 is 0 Å². The fourth-order valence-electron chi connectivity index (χ4n) is 0.756. The summed E-state index contributed by atoms with van der Waals surface area (Å²) in [5, 5.41) is 0. The van der Waals surface area contributed by atoms with Gasteiger partial charge in [-0.05, 0) is 13.5 Å². The van der Waals surface area contributed by atoms with Gasteiger partial charge in [0.1, 0.15) is 6.17 Å². The summed E-state index contributed by atoms with van der Waals surface area (Å²) in [5.74, 6) is 0. The highest BCUT2D eigenvalue weighted by molar-refractivity contribution is 4.70. The molecular weight excluding hydrogens is 93.1 g/mol. The molecule has 2 heteroatoms.